The average Bonchev–Trinajstić information content (AvgIpc) is 2.47. The molecule has 0 bridgehead atoms. The van der Waals surface area contributed by atoms with Gasteiger partial charge in [-0.1, -0.05) is 24.3 Å². The molecule has 1 atom stereocenters. The lowest BCUT2D eigenvalue weighted by atomic mass is 9.96. The van der Waals surface area contributed by atoms with Crippen LogP contribution in [0.4, 0.5) is 0 Å². The number of fused-ring (bicyclic) bond motifs is 1. The van der Waals surface area contributed by atoms with Crippen LogP contribution in [-0.4, -0.2) is 36.2 Å². The Morgan fingerprint density at radius 1 is 1.00 bits per heavy atom. The molecule has 2 N–H and O–H groups in total. The van der Waals surface area contributed by atoms with Gasteiger partial charge in [-0.25, -0.2) is 0 Å². The fourth-order valence-corrected chi connectivity index (χ4v) is 4.75. The highest BCUT2D eigenvalue weighted by molar-refractivity contribution is 7.98. The van der Waals surface area contributed by atoms with Crippen molar-refractivity contribution in [1.82, 2.24) is 10.6 Å². The number of nitrogens with one attached hydrogen (secondary N) is 2. The third-order valence-corrected chi connectivity index (χ3v) is 6.06. The summed E-state index contributed by atoms with van der Waals surface area (Å²) in [6, 6.07) is 9.48. The van der Waals surface area contributed by atoms with Gasteiger partial charge in [0, 0.05) is 47.7 Å². The lowest BCUT2D eigenvalue weighted by Crippen LogP contribution is -2.45. The van der Waals surface area contributed by atoms with Crippen molar-refractivity contribution in [3.05, 3.63) is 35.4 Å². The molecule has 1 aromatic rings. The maximum Gasteiger partial charge on any atom is 0.0188 e. The molecule has 1 heterocycles. The van der Waals surface area contributed by atoms with Gasteiger partial charge in [0.25, 0.3) is 0 Å². The molecule has 2 rings (SSSR count). The zero-order chi connectivity index (χ0) is 15.8. The maximum atomic E-state index is 3.72. The molecule has 0 spiro atoms. The molecule has 0 aromatic heterocycles. The van der Waals surface area contributed by atoms with Crippen molar-refractivity contribution in [3.8, 4) is 0 Å². The van der Waals surface area contributed by atoms with Gasteiger partial charge < -0.3 is 10.6 Å². The van der Waals surface area contributed by atoms with E-state index in [4.69, 9.17) is 0 Å². The molecule has 1 aliphatic heterocycles. The summed E-state index contributed by atoms with van der Waals surface area (Å²) in [6.45, 7) is 9.12. The molecule has 0 saturated heterocycles. The summed E-state index contributed by atoms with van der Waals surface area (Å²) in [4.78, 5) is 0. The molecule has 0 fully saturated rings. The summed E-state index contributed by atoms with van der Waals surface area (Å²) in [5.41, 5.74) is 3.23. The van der Waals surface area contributed by atoms with Crippen LogP contribution in [0.3, 0.4) is 0 Å². The Labute approximate surface area is 144 Å². The van der Waals surface area contributed by atoms with Crippen molar-refractivity contribution in [3.63, 3.8) is 0 Å². The number of hydrogen-bond donors (Lipinski definition) is 2. The summed E-state index contributed by atoms with van der Waals surface area (Å²) in [5.74, 6) is 4.62. The average molecular weight is 339 g/mol. The van der Waals surface area contributed by atoms with Gasteiger partial charge in [0.15, 0.2) is 0 Å². The first kappa shape index (κ1) is 18.2. The van der Waals surface area contributed by atoms with E-state index in [0.29, 0.717) is 6.04 Å². The molecule has 0 unspecified atom stereocenters. The highest BCUT2D eigenvalue weighted by Crippen LogP contribution is 2.21. The van der Waals surface area contributed by atoms with Crippen LogP contribution >= 0.6 is 23.5 Å². The minimum absolute atomic E-state index is 0.207. The zero-order valence-corrected chi connectivity index (χ0v) is 15.8. The Morgan fingerprint density at radius 3 is 2.23 bits per heavy atom. The first-order valence-electron chi connectivity index (χ1n) is 8.27. The van der Waals surface area contributed by atoms with Gasteiger partial charge in [-0.2, -0.15) is 23.5 Å². The smallest absolute Gasteiger partial charge is 0.0188 e. The molecule has 1 aromatic carbocycles. The maximum absolute atomic E-state index is 3.72. The Kier molecular flexibility index (Phi) is 7.61. The van der Waals surface area contributed by atoms with Gasteiger partial charge in [-0.05, 0) is 38.3 Å². The molecule has 2 nitrogen and oxygen atoms in total. The Balaban J connectivity index is 1.96. The standard InChI is InChI=1S/C18H30N2S2/c1-15-12-18(2,3)20-9-11-22-14-17-7-5-4-6-16(17)13-21-10-8-19-15/h4-7,15,19-20H,8-14H2,1-3H3/t15-/m0/s1. The predicted octanol–water partition coefficient (Wildman–Crippen LogP) is 3.90. The van der Waals surface area contributed by atoms with Crippen LogP contribution in [0.1, 0.15) is 38.3 Å². The van der Waals surface area contributed by atoms with Crippen LogP contribution in [0.5, 0.6) is 0 Å². The van der Waals surface area contributed by atoms with Crippen molar-refractivity contribution in [2.75, 3.05) is 24.6 Å². The Morgan fingerprint density at radius 2 is 1.59 bits per heavy atom. The van der Waals surface area contributed by atoms with Crippen molar-refractivity contribution in [2.24, 2.45) is 0 Å². The molecule has 22 heavy (non-hydrogen) atoms. The second kappa shape index (κ2) is 9.21. The van der Waals surface area contributed by atoms with Crippen LogP contribution in [0, 0.1) is 0 Å². The molecule has 0 aliphatic carbocycles. The number of benzene rings is 1. The zero-order valence-electron chi connectivity index (χ0n) is 14.2. The van der Waals surface area contributed by atoms with Crippen LogP contribution in [0.25, 0.3) is 0 Å². The van der Waals surface area contributed by atoms with Gasteiger partial charge in [0.1, 0.15) is 0 Å². The van der Waals surface area contributed by atoms with E-state index < -0.39 is 0 Å². The van der Waals surface area contributed by atoms with Crippen molar-refractivity contribution < 1.29 is 0 Å². The number of hydrogen-bond acceptors (Lipinski definition) is 4. The topological polar surface area (TPSA) is 24.1 Å². The van der Waals surface area contributed by atoms with E-state index >= 15 is 0 Å². The van der Waals surface area contributed by atoms with E-state index in [-0.39, 0.29) is 5.54 Å². The fraction of sp³-hybridized carbons (Fsp3) is 0.667. The highest BCUT2D eigenvalue weighted by atomic mass is 32.2. The molecular formula is C18H30N2S2. The lowest BCUT2D eigenvalue weighted by molar-refractivity contribution is 0.327. The summed E-state index contributed by atoms with van der Waals surface area (Å²) >= 11 is 4.08. The van der Waals surface area contributed by atoms with E-state index in [2.05, 4.69) is 55.7 Å². The number of rotatable bonds is 0. The molecule has 0 saturated carbocycles. The van der Waals surface area contributed by atoms with Crippen LogP contribution in [0.15, 0.2) is 24.3 Å². The molecule has 4 heteroatoms. The van der Waals surface area contributed by atoms with Crippen LogP contribution in [-0.2, 0) is 11.5 Å². The minimum Gasteiger partial charge on any atom is -0.313 e. The van der Waals surface area contributed by atoms with Gasteiger partial charge in [0.2, 0.25) is 0 Å². The van der Waals surface area contributed by atoms with Crippen molar-refractivity contribution >= 4 is 23.5 Å². The molecule has 1 aliphatic rings. The largest absolute Gasteiger partial charge is 0.313 e. The predicted molar refractivity (Wildman–Crippen MR) is 103 cm³/mol. The second-order valence-corrected chi connectivity index (χ2v) is 8.95. The minimum atomic E-state index is 0.207. The van der Waals surface area contributed by atoms with Gasteiger partial charge in [0.05, 0.1) is 0 Å². The highest BCUT2D eigenvalue weighted by Gasteiger charge is 2.20. The van der Waals surface area contributed by atoms with E-state index in [1.807, 2.05) is 23.5 Å². The first-order valence-corrected chi connectivity index (χ1v) is 10.6. The molecular weight excluding hydrogens is 308 g/mol. The summed E-state index contributed by atoms with van der Waals surface area (Å²) < 4.78 is 0. The first-order chi connectivity index (χ1) is 10.6. The van der Waals surface area contributed by atoms with Crippen molar-refractivity contribution in [1.29, 1.82) is 0 Å². The third-order valence-electron chi connectivity index (χ3n) is 4.04. The molecule has 0 radical (unpaired) electrons. The van der Waals surface area contributed by atoms with Gasteiger partial charge in [-0.15, -0.1) is 0 Å². The Bertz CT molecular complexity index is 448. The quantitative estimate of drug-likeness (QED) is 0.749. The summed E-state index contributed by atoms with van der Waals surface area (Å²) in [5, 5.41) is 7.38. The fourth-order valence-electron chi connectivity index (χ4n) is 2.95. The molecule has 124 valence electrons. The SMILES string of the molecule is C[C@H]1CC(C)(C)NCCSCc2ccccc2CSCCN1. The molecule has 0 amide bonds. The normalized spacial score (nSPS) is 24.8. The van der Waals surface area contributed by atoms with Gasteiger partial charge >= 0.3 is 0 Å². The summed E-state index contributed by atoms with van der Waals surface area (Å²) in [6.07, 6.45) is 1.17. The van der Waals surface area contributed by atoms with Crippen molar-refractivity contribution in [2.45, 2.75) is 50.3 Å². The monoisotopic (exact) mass is 338 g/mol. The van der Waals surface area contributed by atoms with E-state index in [9.17, 15) is 0 Å². The van der Waals surface area contributed by atoms with Crippen LogP contribution in [0.2, 0.25) is 0 Å². The third kappa shape index (κ3) is 6.53. The van der Waals surface area contributed by atoms with E-state index in [0.717, 1.165) is 24.6 Å². The summed E-state index contributed by atoms with van der Waals surface area (Å²) in [7, 11) is 0. The van der Waals surface area contributed by atoms with E-state index in [1.165, 1.54) is 29.1 Å². The Hall–Kier alpha value is -0.160. The number of thioether (sulfide) groups is 2. The van der Waals surface area contributed by atoms with E-state index in [1.54, 1.807) is 0 Å². The lowest BCUT2D eigenvalue weighted by Gasteiger charge is -2.30. The van der Waals surface area contributed by atoms with Crippen LogP contribution < -0.4 is 10.6 Å². The second-order valence-electron chi connectivity index (χ2n) is 6.74. The van der Waals surface area contributed by atoms with Gasteiger partial charge in [-0.3, -0.25) is 0 Å².